The highest BCUT2D eigenvalue weighted by Crippen LogP contribution is 2.12. The summed E-state index contributed by atoms with van der Waals surface area (Å²) in [7, 11) is 0. The van der Waals surface area contributed by atoms with E-state index in [4.69, 9.17) is 10.9 Å². The molecule has 2 rings (SSSR count). The molecule has 0 aliphatic rings. The Labute approximate surface area is 137 Å². The van der Waals surface area contributed by atoms with Crippen LogP contribution in [0.15, 0.2) is 48.7 Å². The summed E-state index contributed by atoms with van der Waals surface area (Å²) < 4.78 is 0. The molecule has 2 aromatic rings. The molecule has 1 heterocycles. The number of rotatable bonds is 6. The Balaban J connectivity index is 2.02. The average molecular weight is 328 g/mol. The molecular weight excluding hydrogens is 312 g/mol. The SMILES string of the molecule is NN(C(=O)c1ccc(C(=O)NCCC(=O)O)cn1)c1ccccc1. The topological polar surface area (TPSA) is 126 Å². The lowest BCUT2D eigenvalue weighted by Crippen LogP contribution is -2.38. The van der Waals surface area contributed by atoms with Gasteiger partial charge in [-0.1, -0.05) is 18.2 Å². The molecule has 2 amide bonds. The fraction of sp³-hybridized carbons (Fsp3) is 0.125. The quantitative estimate of drug-likeness (QED) is 0.409. The summed E-state index contributed by atoms with van der Waals surface area (Å²) in [5.41, 5.74) is 0.823. The number of carboxylic acid groups (broad SMARTS) is 1. The molecular formula is C16H16N4O4. The Morgan fingerprint density at radius 3 is 2.42 bits per heavy atom. The van der Waals surface area contributed by atoms with Crippen molar-refractivity contribution >= 4 is 23.5 Å². The second-order valence-corrected chi connectivity index (χ2v) is 4.84. The van der Waals surface area contributed by atoms with Gasteiger partial charge in [-0.3, -0.25) is 19.4 Å². The summed E-state index contributed by atoms with van der Waals surface area (Å²) >= 11 is 0. The summed E-state index contributed by atoms with van der Waals surface area (Å²) in [4.78, 5) is 38.4. The van der Waals surface area contributed by atoms with Gasteiger partial charge >= 0.3 is 5.97 Å². The molecule has 0 bridgehead atoms. The van der Waals surface area contributed by atoms with Gasteiger partial charge in [-0.2, -0.15) is 0 Å². The number of hydrogen-bond acceptors (Lipinski definition) is 5. The number of aliphatic carboxylic acids is 1. The van der Waals surface area contributed by atoms with Crippen molar-refractivity contribution in [3.63, 3.8) is 0 Å². The summed E-state index contributed by atoms with van der Waals surface area (Å²) in [5.74, 6) is 3.79. The summed E-state index contributed by atoms with van der Waals surface area (Å²) in [5, 5.41) is 11.9. The van der Waals surface area contributed by atoms with E-state index < -0.39 is 17.8 Å². The molecule has 0 fully saturated rings. The maximum absolute atomic E-state index is 12.2. The average Bonchev–Trinajstić information content (AvgIpc) is 2.61. The lowest BCUT2D eigenvalue weighted by atomic mass is 10.2. The van der Waals surface area contributed by atoms with Crippen molar-refractivity contribution in [1.82, 2.24) is 10.3 Å². The second kappa shape index (κ2) is 7.84. The molecule has 0 saturated heterocycles. The number of anilines is 1. The molecule has 0 aliphatic heterocycles. The molecule has 0 atom stereocenters. The monoisotopic (exact) mass is 328 g/mol. The molecule has 0 radical (unpaired) electrons. The van der Waals surface area contributed by atoms with E-state index in [-0.39, 0.29) is 24.2 Å². The van der Waals surface area contributed by atoms with Crippen molar-refractivity contribution in [1.29, 1.82) is 0 Å². The number of amides is 2. The Hall–Kier alpha value is -3.26. The highest BCUT2D eigenvalue weighted by Gasteiger charge is 2.16. The fourth-order valence-electron chi connectivity index (χ4n) is 1.87. The predicted molar refractivity (Wildman–Crippen MR) is 86.3 cm³/mol. The van der Waals surface area contributed by atoms with E-state index >= 15 is 0 Å². The molecule has 24 heavy (non-hydrogen) atoms. The van der Waals surface area contributed by atoms with Gasteiger partial charge in [0.25, 0.3) is 11.8 Å². The molecule has 8 nitrogen and oxygen atoms in total. The van der Waals surface area contributed by atoms with Crippen LogP contribution in [0.4, 0.5) is 5.69 Å². The summed E-state index contributed by atoms with van der Waals surface area (Å²) in [6.07, 6.45) is 1.07. The third kappa shape index (κ3) is 4.37. The number of carbonyl (C=O) groups is 3. The van der Waals surface area contributed by atoms with Crippen LogP contribution < -0.4 is 16.2 Å². The number of hydrogen-bond donors (Lipinski definition) is 3. The highest BCUT2D eigenvalue weighted by molar-refractivity contribution is 6.04. The standard InChI is InChI=1S/C16H16N4O4/c17-20(12-4-2-1-3-5-12)16(24)13-7-6-11(10-19-13)15(23)18-9-8-14(21)22/h1-7,10H,8-9,17H2,(H,18,23)(H,21,22). The van der Waals surface area contributed by atoms with Crippen molar-refractivity contribution in [2.24, 2.45) is 5.84 Å². The van der Waals surface area contributed by atoms with Crippen molar-refractivity contribution < 1.29 is 19.5 Å². The number of aromatic nitrogens is 1. The lowest BCUT2D eigenvalue weighted by Gasteiger charge is -2.16. The minimum atomic E-state index is -1.00. The normalized spacial score (nSPS) is 10.0. The van der Waals surface area contributed by atoms with Gasteiger partial charge < -0.3 is 10.4 Å². The van der Waals surface area contributed by atoms with Crippen molar-refractivity contribution in [3.8, 4) is 0 Å². The van der Waals surface area contributed by atoms with Crippen molar-refractivity contribution in [3.05, 3.63) is 59.9 Å². The first kappa shape index (κ1) is 17.1. The number of pyridine rings is 1. The predicted octanol–water partition coefficient (Wildman–Crippen LogP) is 0.807. The molecule has 1 aromatic heterocycles. The van der Waals surface area contributed by atoms with Crippen LogP contribution in [0.2, 0.25) is 0 Å². The highest BCUT2D eigenvalue weighted by atomic mass is 16.4. The van der Waals surface area contributed by atoms with Gasteiger partial charge in [0.1, 0.15) is 5.69 Å². The maximum Gasteiger partial charge on any atom is 0.305 e. The number of para-hydroxylation sites is 1. The zero-order chi connectivity index (χ0) is 17.5. The number of carboxylic acids is 1. The zero-order valence-corrected chi connectivity index (χ0v) is 12.7. The van der Waals surface area contributed by atoms with Gasteiger partial charge in [0, 0.05) is 12.7 Å². The van der Waals surface area contributed by atoms with E-state index in [9.17, 15) is 14.4 Å². The Morgan fingerprint density at radius 2 is 1.83 bits per heavy atom. The molecule has 124 valence electrons. The number of nitrogens with one attached hydrogen (secondary N) is 1. The molecule has 0 aliphatic carbocycles. The first-order chi connectivity index (χ1) is 11.5. The van der Waals surface area contributed by atoms with Gasteiger partial charge in [0.05, 0.1) is 17.7 Å². The number of hydrazine groups is 1. The van der Waals surface area contributed by atoms with Crippen LogP contribution in [0, 0.1) is 0 Å². The Bertz CT molecular complexity index is 732. The van der Waals surface area contributed by atoms with E-state index in [1.54, 1.807) is 30.3 Å². The van der Waals surface area contributed by atoms with Crippen LogP contribution in [-0.2, 0) is 4.79 Å². The van der Waals surface area contributed by atoms with E-state index in [1.165, 1.54) is 18.3 Å². The third-order valence-corrected chi connectivity index (χ3v) is 3.12. The zero-order valence-electron chi connectivity index (χ0n) is 12.7. The lowest BCUT2D eigenvalue weighted by molar-refractivity contribution is -0.136. The largest absolute Gasteiger partial charge is 0.481 e. The van der Waals surface area contributed by atoms with Gasteiger partial charge in [-0.05, 0) is 24.3 Å². The van der Waals surface area contributed by atoms with E-state index in [0.29, 0.717) is 5.69 Å². The Morgan fingerprint density at radius 1 is 1.12 bits per heavy atom. The number of nitrogens with two attached hydrogens (primary N) is 1. The number of carbonyl (C=O) groups excluding carboxylic acids is 2. The Kier molecular flexibility index (Phi) is 5.58. The van der Waals surface area contributed by atoms with Crippen LogP contribution in [0.1, 0.15) is 27.3 Å². The molecule has 4 N–H and O–H groups in total. The minimum absolute atomic E-state index is 0.0133. The van der Waals surface area contributed by atoms with Gasteiger partial charge in [-0.25, -0.2) is 10.9 Å². The molecule has 0 saturated carbocycles. The van der Waals surface area contributed by atoms with Crippen LogP contribution in [-0.4, -0.2) is 34.4 Å². The van der Waals surface area contributed by atoms with E-state index in [2.05, 4.69) is 10.3 Å². The maximum atomic E-state index is 12.2. The molecule has 1 aromatic carbocycles. The molecule has 0 spiro atoms. The van der Waals surface area contributed by atoms with Crippen LogP contribution in [0.5, 0.6) is 0 Å². The van der Waals surface area contributed by atoms with Crippen LogP contribution in [0.25, 0.3) is 0 Å². The third-order valence-electron chi connectivity index (χ3n) is 3.12. The van der Waals surface area contributed by atoms with E-state index in [1.807, 2.05) is 0 Å². The van der Waals surface area contributed by atoms with Crippen molar-refractivity contribution in [2.45, 2.75) is 6.42 Å². The van der Waals surface area contributed by atoms with Crippen LogP contribution >= 0.6 is 0 Å². The molecule has 0 unspecified atom stereocenters. The summed E-state index contributed by atoms with van der Waals surface area (Å²) in [6, 6.07) is 11.5. The number of nitrogens with zero attached hydrogens (tertiary/aromatic N) is 2. The second-order valence-electron chi connectivity index (χ2n) is 4.84. The van der Waals surface area contributed by atoms with Crippen LogP contribution in [0.3, 0.4) is 0 Å². The number of benzene rings is 1. The molecule has 8 heteroatoms. The first-order valence-corrected chi connectivity index (χ1v) is 7.09. The fourth-order valence-corrected chi connectivity index (χ4v) is 1.87. The van der Waals surface area contributed by atoms with E-state index in [0.717, 1.165) is 5.01 Å². The smallest absolute Gasteiger partial charge is 0.305 e. The minimum Gasteiger partial charge on any atom is -0.481 e. The first-order valence-electron chi connectivity index (χ1n) is 7.09. The van der Waals surface area contributed by atoms with Gasteiger partial charge in [0.2, 0.25) is 0 Å². The van der Waals surface area contributed by atoms with Gasteiger partial charge in [0.15, 0.2) is 0 Å². The van der Waals surface area contributed by atoms with Gasteiger partial charge in [-0.15, -0.1) is 0 Å². The summed E-state index contributed by atoms with van der Waals surface area (Å²) in [6.45, 7) is 0.0133. The van der Waals surface area contributed by atoms with Crippen molar-refractivity contribution in [2.75, 3.05) is 11.6 Å².